The second-order valence-corrected chi connectivity index (χ2v) is 9.69. The minimum absolute atomic E-state index is 0.0596. The van der Waals surface area contributed by atoms with Gasteiger partial charge < -0.3 is 14.4 Å². The van der Waals surface area contributed by atoms with E-state index in [1.54, 1.807) is 22.5 Å². The molecule has 1 unspecified atom stereocenters. The van der Waals surface area contributed by atoms with Crippen molar-refractivity contribution >= 4 is 32.4 Å². The summed E-state index contributed by atoms with van der Waals surface area (Å²) in [6.45, 7) is 3.39. The van der Waals surface area contributed by atoms with Crippen molar-refractivity contribution in [3.8, 4) is 5.75 Å². The van der Waals surface area contributed by atoms with Crippen molar-refractivity contribution in [3.05, 3.63) is 65.4 Å². The second kappa shape index (κ2) is 9.63. The van der Waals surface area contributed by atoms with Gasteiger partial charge in [0.2, 0.25) is 0 Å². The van der Waals surface area contributed by atoms with Gasteiger partial charge in [-0.3, -0.25) is 14.5 Å². The van der Waals surface area contributed by atoms with Crippen molar-refractivity contribution in [2.75, 3.05) is 31.0 Å². The summed E-state index contributed by atoms with van der Waals surface area (Å²) < 4.78 is 38.9. The van der Waals surface area contributed by atoms with Gasteiger partial charge in [-0.15, -0.1) is 11.3 Å². The Morgan fingerprint density at radius 3 is 2.78 bits per heavy atom. The quantitative estimate of drug-likeness (QED) is 0.560. The zero-order chi connectivity index (χ0) is 22.6. The molecule has 3 aromatic rings. The van der Waals surface area contributed by atoms with E-state index < -0.39 is 10.0 Å². The molecule has 1 amide bonds. The number of carbonyl (C=O) groups is 1. The minimum atomic E-state index is -3.77. The molecule has 0 radical (unpaired) electrons. The van der Waals surface area contributed by atoms with E-state index in [-0.39, 0.29) is 22.0 Å². The molecule has 0 spiro atoms. The molecular formula is C21H22N4O5S2. The molecule has 11 heteroatoms. The highest BCUT2D eigenvalue weighted by atomic mass is 32.2. The van der Waals surface area contributed by atoms with Crippen LogP contribution in [0.3, 0.4) is 0 Å². The van der Waals surface area contributed by atoms with E-state index >= 15 is 0 Å². The predicted molar refractivity (Wildman–Crippen MR) is 119 cm³/mol. The molecule has 4 rings (SSSR count). The smallest absolute Gasteiger partial charge is 0.263 e. The summed E-state index contributed by atoms with van der Waals surface area (Å²) in [6.07, 6.45) is 2.95. The van der Waals surface area contributed by atoms with E-state index in [1.165, 1.54) is 41.8 Å². The summed E-state index contributed by atoms with van der Waals surface area (Å²) in [5.74, 6) is 0.496. The van der Waals surface area contributed by atoms with Gasteiger partial charge in [0.15, 0.2) is 5.13 Å². The van der Waals surface area contributed by atoms with Gasteiger partial charge in [0.1, 0.15) is 18.5 Å². The highest BCUT2D eigenvalue weighted by Crippen LogP contribution is 2.20. The fraction of sp³-hybridized carbons (Fsp3) is 0.286. The number of aromatic nitrogens is 2. The van der Waals surface area contributed by atoms with E-state index in [0.717, 1.165) is 5.69 Å². The lowest BCUT2D eigenvalue weighted by Crippen LogP contribution is -2.47. The number of nitrogens with one attached hydrogen (secondary N) is 1. The molecule has 9 nitrogen and oxygen atoms in total. The number of thiazole rings is 1. The van der Waals surface area contributed by atoms with E-state index in [4.69, 9.17) is 9.47 Å². The number of sulfonamides is 1. The van der Waals surface area contributed by atoms with Gasteiger partial charge in [0.05, 0.1) is 23.7 Å². The minimum Gasteiger partial charge on any atom is -0.489 e. The van der Waals surface area contributed by atoms with Crippen LogP contribution < -0.4 is 9.46 Å². The molecule has 32 heavy (non-hydrogen) atoms. The number of benzene rings is 1. The number of ether oxygens (including phenoxy) is 2. The number of aryl methyl sites for hydroxylation is 1. The highest BCUT2D eigenvalue weighted by Gasteiger charge is 2.26. The summed E-state index contributed by atoms with van der Waals surface area (Å²) in [4.78, 5) is 22.8. The standard InChI is InChI=1S/C21H22N4O5S2/c1-15-19(3-2-8-22-15)30-14-17-13-25(10-11-29-17)20(26)16-4-6-18(7-5-16)32(27,28)24-21-23-9-12-31-21/h2-9,12,17H,10-11,13-14H2,1H3,(H,23,24). The molecule has 0 saturated carbocycles. The van der Waals surface area contributed by atoms with Gasteiger partial charge in [-0.25, -0.2) is 13.4 Å². The maximum atomic E-state index is 12.9. The van der Waals surface area contributed by atoms with Crippen LogP contribution in [0.1, 0.15) is 16.1 Å². The van der Waals surface area contributed by atoms with E-state index in [1.807, 2.05) is 13.0 Å². The fourth-order valence-electron chi connectivity index (χ4n) is 3.22. The molecule has 0 aliphatic carbocycles. The zero-order valence-corrected chi connectivity index (χ0v) is 18.9. The number of nitrogens with zero attached hydrogens (tertiary/aromatic N) is 3. The third kappa shape index (κ3) is 5.23. The van der Waals surface area contributed by atoms with E-state index in [9.17, 15) is 13.2 Å². The molecule has 2 aromatic heterocycles. The Hall–Kier alpha value is -3.02. The summed E-state index contributed by atoms with van der Waals surface area (Å²) in [5.41, 5.74) is 1.19. The second-order valence-electron chi connectivity index (χ2n) is 7.11. The SMILES string of the molecule is Cc1ncccc1OCC1CN(C(=O)c2ccc(S(=O)(=O)Nc3nccs3)cc2)CCO1. The molecular weight excluding hydrogens is 452 g/mol. The van der Waals surface area contributed by atoms with Gasteiger partial charge in [-0.2, -0.15) is 0 Å². The van der Waals surface area contributed by atoms with Crippen molar-refractivity contribution in [2.24, 2.45) is 0 Å². The van der Waals surface area contributed by atoms with E-state index in [0.29, 0.717) is 37.6 Å². The Bertz CT molecular complexity index is 1170. The van der Waals surface area contributed by atoms with Gasteiger partial charge in [-0.1, -0.05) is 0 Å². The van der Waals surface area contributed by atoms with Crippen LogP contribution in [0.5, 0.6) is 5.75 Å². The Kier molecular flexibility index (Phi) is 6.68. The van der Waals surface area contributed by atoms with Crippen LogP contribution in [0.25, 0.3) is 0 Å². The summed E-state index contributed by atoms with van der Waals surface area (Å²) in [5, 5.41) is 1.96. The average Bonchev–Trinajstić information content (AvgIpc) is 3.31. The molecule has 3 heterocycles. The number of amides is 1. The lowest BCUT2D eigenvalue weighted by molar-refractivity contribution is -0.0402. The first kappa shape index (κ1) is 22.2. The summed E-state index contributed by atoms with van der Waals surface area (Å²) in [7, 11) is -3.77. The average molecular weight is 475 g/mol. The lowest BCUT2D eigenvalue weighted by atomic mass is 10.1. The van der Waals surface area contributed by atoms with Crippen molar-refractivity contribution < 1.29 is 22.7 Å². The van der Waals surface area contributed by atoms with Gasteiger partial charge in [0.25, 0.3) is 15.9 Å². The number of pyridine rings is 1. The normalized spacial score (nSPS) is 16.5. The monoisotopic (exact) mass is 474 g/mol. The molecule has 0 bridgehead atoms. The van der Waals surface area contributed by atoms with Gasteiger partial charge in [-0.05, 0) is 43.3 Å². The first-order chi connectivity index (χ1) is 15.4. The number of rotatable bonds is 7. The highest BCUT2D eigenvalue weighted by molar-refractivity contribution is 7.93. The molecule has 1 aliphatic heterocycles. The largest absolute Gasteiger partial charge is 0.489 e. The van der Waals surface area contributed by atoms with Crippen molar-refractivity contribution in [2.45, 2.75) is 17.9 Å². The van der Waals surface area contributed by atoms with Crippen LogP contribution in [0.2, 0.25) is 0 Å². The Morgan fingerprint density at radius 1 is 1.25 bits per heavy atom. The maximum absolute atomic E-state index is 12.9. The number of hydrogen-bond donors (Lipinski definition) is 1. The van der Waals surface area contributed by atoms with Gasteiger partial charge in [0, 0.05) is 29.9 Å². The molecule has 1 aliphatic rings. The summed E-state index contributed by atoms with van der Waals surface area (Å²) >= 11 is 1.19. The molecule has 1 atom stereocenters. The first-order valence-electron chi connectivity index (χ1n) is 9.90. The Labute approximate surface area is 190 Å². The predicted octanol–water partition coefficient (Wildman–Crippen LogP) is 2.57. The van der Waals surface area contributed by atoms with Crippen molar-refractivity contribution in [1.82, 2.24) is 14.9 Å². The molecule has 168 valence electrons. The van der Waals surface area contributed by atoms with Crippen LogP contribution >= 0.6 is 11.3 Å². The van der Waals surface area contributed by atoms with Gasteiger partial charge >= 0.3 is 0 Å². The molecule has 1 aromatic carbocycles. The maximum Gasteiger partial charge on any atom is 0.263 e. The fourth-order valence-corrected chi connectivity index (χ4v) is 5.01. The third-order valence-corrected chi connectivity index (χ3v) is 7.05. The topological polar surface area (TPSA) is 111 Å². The Balaban J connectivity index is 1.37. The van der Waals surface area contributed by atoms with Crippen LogP contribution in [0.4, 0.5) is 5.13 Å². The third-order valence-electron chi connectivity index (χ3n) is 4.87. The zero-order valence-electron chi connectivity index (χ0n) is 17.3. The molecule has 1 saturated heterocycles. The first-order valence-corrected chi connectivity index (χ1v) is 12.3. The lowest BCUT2D eigenvalue weighted by Gasteiger charge is -2.33. The number of carbonyl (C=O) groups excluding carboxylic acids is 1. The van der Waals surface area contributed by atoms with Crippen molar-refractivity contribution in [1.29, 1.82) is 0 Å². The van der Waals surface area contributed by atoms with Crippen molar-refractivity contribution in [3.63, 3.8) is 0 Å². The van der Waals surface area contributed by atoms with E-state index in [2.05, 4.69) is 14.7 Å². The van der Waals surface area contributed by atoms with Crippen LogP contribution in [-0.2, 0) is 14.8 Å². The Morgan fingerprint density at radius 2 is 2.06 bits per heavy atom. The van der Waals surface area contributed by atoms with Crippen LogP contribution in [0.15, 0.2) is 59.1 Å². The van der Waals surface area contributed by atoms with Crippen LogP contribution in [0, 0.1) is 6.92 Å². The molecule has 1 N–H and O–H groups in total. The number of anilines is 1. The number of morpholine rings is 1. The molecule has 1 fully saturated rings. The summed E-state index contributed by atoms with van der Waals surface area (Å²) in [6, 6.07) is 9.49. The number of hydrogen-bond acceptors (Lipinski definition) is 8. The van der Waals surface area contributed by atoms with Crippen LogP contribution in [-0.4, -0.2) is 61.6 Å².